The molecule has 2 heterocycles. The summed E-state index contributed by atoms with van der Waals surface area (Å²) in [6.45, 7) is 0.964. The third-order valence-electron chi connectivity index (χ3n) is 4.96. The van der Waals surface area contributed by atoms with Crippen molar-refractivity contribution in [3.05, 3.63) is 65.2 Å². The van der Waals surface area contributed by atoms with E-state index in [0.29, 0.717) is 25.9 Å². The van der Waals surface area contributed by atoms with Crippen LogP contribution in [0.2, 0.25) is 0 Å². The van der Waals surface area contributed by atoms with Gasteiger partial charge in [0.2, 0.25) is 16.1 Å². The van der Waals surface area contributed by atoms with Gasteiger partial charge in [-0.2, -0.15) is 4.31 Å². The standard InChI is InChI=1S/C20H19NO6S/c22-19(27-18-10-12-26-20(18)23)15-5-7-17(8-6-15)28(24,25)21-11-9-14-3-1-2-4-16(14)13-21/h1-8,18H,9-13H2. The van der Waals surface area contributed by atoms with Gasteiger partial charge in [0, 0.05) is 19.5 Å². The van der Waals surface area contributed by atoms with Crippen LogP contribution in [0.3, 0.4) is 0 Å². The third kappa shape index (κ3) is 3.53. The highest BCUT2D eigenvalue weighted by Gasteiger charge is 2.31. The van der Waals surface area contributed by atoms with E-state index in [4.69, 9.17) is 9.47 Å². The van der Waals surface area contributed by atoms with Crippen molar-refractivity contribution in [2.75, 3.05) is 13.2 Å². The zero-order valence-corrected chi connectivity index (χ0v) is 15.9. The number of cyclic esters (lactones) is 1. The van der Waals surface area contributed by atoms with E-state index >= 15 is 0 Å². The van der Waals surface area contributed by atoms with E-state index in [1.165, 1.54) is 28.6 Å². The number of hydrogen-bond acceptors (Lipinski definition) is 6. The molecule has 1 atom stereocenters. The minimum Gasteiger partial charge on any atom is -0.463 e. The van der Waals surface area contributed by atoms with Gasteiger partial charge in [0.1, 0.15) is 0 Å². The maximum absolute atomic E-state index is 12.9. The zero-order chi connectivity index (χ0) is 19.7. The van der Waals surface area contributed by atoms with E-state index in [9.17, 15) is 18.0 Å². The van der Waals surface area contributed by atoms with Crippen molar-refractivity contribution in [3.8, 4) is 0 Å². The Morgan fingerprint density at radius 2 is 1.79 bits per heavy atom. The number of nitrogens with zero attached hydrogens (tertiary/aromatic N) is 1. The van der Waals surface area contributed by atoms with E-state index < -0.39 is 28.1 Å². The summed E-state index contributed by atoms with van der Waals surface area (Å²) in [4.78, 5) is 23.7. The highest BCUT2D eigenvalue weighted by atomic mass is 32.2. The topological polar surface area (TPSA) is 90.0 Å². The van der Waals surface area contributed by atoms with Crippen molar-refractivity contribution in [1.29, 1.82) is 0 Å². The summed E-state index contributed by atoms with van der Waals surface area (Å²) in [5.41, 5.74) is 2.35. The second-order valence-corrected chi connectivity index (χ2v) is 8.67. The summed E-state index contributed by atoms with van der Waals surface area (Å²) < 4.78 is 37.2. The number of rotatable bonds is 4. The van der Waals surface area contributed by atoms with Crippen molar-refractivity contribution in [2.24, 2.45) is 0 Å². The fourth-order valence-corrected chi connectivity index (χ4v) is 4.79. The highest BCUT2D eigenvalue weighted by Crippen LogP contribution is 2.25. The SMILES string of the molecule is O=C(OC1CCOC1=O)c1ccc(S(=O)(=O)N2CCc3ccccc3C2)cc1. The number of fused-ring (bicyclic) bond motifs is 1. The summed E-state index contributed by atoms with van der Waals surface area (Å²) in [5.74, 6) is -1.24. The van der Waals surface area contributed by atoms with Crippen molar-refractivity contribution in [1.82, 2.24) is 4.31 Å². The molecule has 4 rings (SSSR count). The van der Waals surface area contributed by atoms with Crippen LogP contribution in [-0.4, -0.2) is 43.9 Å². The van der Waals surface area contributed by atoms with Gasteiger partial charge < -0.3 is 9.47 Å². The Labute approximate surface area is 162 Å². The Bertz CT molecular complexity index is 1020. The van der Waals surface area contributed by atoms with Crippen LogP contribution in [0.15, 0.2) is 53.4 Å². The van der Waals surface area contributed by atoms with Crippen LogP contribution < -0.4 is 0 Å². The van der Waals surface area contributed by atoms with E-state index in [-0.39, 0.29) is 17.1 Å². The second kappa shape index (κ2) is 7.37. The maximum atomic E-state index is 12.9. The first-order valence-electron chi connectivity index (χ1n) is 9.00. The zero-order valence-electron chi connectivity index (χ0n) is 15.0. The molecule has 146 valence electrons. The number of ether oxygens (including phenoxy) is 2. The molecule has 0 spiro atoms. The highest BCUT2D eigenvalue weighted by molar-refractivity contribution is 7.89. The molecule has 28 heavy (non-hydrogen) atoms. The van der Waals surface area contributed by atoms with E-state index in [1.54, 1.807) is 0 Å². The summed E-state index contributed by atoms with van der Waals surface area (Å²) in [5, 5.41) is 0. The van der Waals surface area contributed by atoms with Gasteiger partial charge in [0.05, 0.1) is 17.1 Å². The van der Waals surface area contributed by atoms with Gasteiger partial charge in [0.25, 0.3) is 0 Å². The van der Waals surface area contributed by atoms with Crippen LogP contribution in [0.4, 0.5) is 0 Å². The number of carbonyl (C=O) groups is 2. The first kappa shape index (κ1) is 18.6. The van der Waals surface area contributed by atoms with Crippen molar-refractivity contribution < 1.29 is 27.5 Å². The van der Waals surface area contributed by atoms with Gasteiger partial charge in [-0.3, -0.25) is 0 Å². The molecular formula is C20H19NO6S. The van der Waals surface area contributed by atoms with Gasteiger partial charge >= 0.3 is 11.9 Å². The fourth-order valence-electron chi connectivity index (χ4n) is 3.37. The van der Waals surface area contributed by atoms with Crippen LogP contribution in [0.5, 0.6) is 0 Å². The molecule has 1 fully saturated rings. The average Bonchev–Trinajstić information content (AvgIpc) is 3.12. The predicted octanol–water partition coefficient (Wildman–Crippen LogP) is 1.91. The molecule has 0 N–H and O–H groups in total. The van der Waals surface area contributed by atoms with Crippen LogP contribution >= 0.6 is 0 Å². The number of benzene rings is 2. The fraction of sp³-hybridized carbons (Fsp3) is 0.300. The molecule has 2 aliphatic heterocycles. The van der Waals surface area contributed by atoms with Crippen LogP contribution in [0.1, 0.15) is 27.9 Å². The van der Waals surface area contributed by atoms with Gasteiger partial charge in [-0.25, -0.2) is 18.0 Å². The summed E-state index contributed by atoms with van der Waals surface area (Å²) >= 11 is 0. The van der Waals surface area contributed by atoms with E-state index in [1.807, 2.05) is 24.3 Å². The van der Waals surface area contributed by atoms with Gasteiger partial charge in [0.15, 0.2) is 0 Å². The lowest BCUT2D eigenvalue weighted by molar-refractivity contribution is -0.145. The minimum absolute atomic E-state index is 0.115. The molecule has 2 aromatic carbocycles. The molecule has 7 nitrogen and oxygen atoms in total. The maximum Gasteiger partial charge on any atom is 0.347 e. The largest absolute Gasteiger partial charge is 0.463 e. The number of carbonyl (C=O) groups excluding carboxylic acids is 2. The Morgan fingerprint density at radius 1 is 1.07 bits per heavy atom. The third-order valence-corrected chi connectivity index (χ3v) is 6.82. The molecule has 0 amide bonds. The Balaban J connectivity index is 1.48. The molecule has 1 saturated heterocycles. The van der Waals surface area contributed by atoms with Crippen LogP contribution in [-0.2, 0) is 37.3 Å². The molecule has 2 aromatic rings. The first-order valence-corrected chi connectivity index (χ1v) is 10.4. The Kier molecular flexibility index (Phi) is 4.91. The van der Waals surface area contributed by atoms with Crippen molar-refractivity contribution >= 4 is 22.0 Å². The molecule has 2 aliphatic rings. The summed E-state index contributed by atoms with van der Waals surface area (Å²) in [7, 11) is -3.67. The molecule has 8 heteroatoms. The smallest absolute Gasteiger partial charge is 0.347 e. The Morgan fingerprint density at radius 3 is 2.46 bits per heavy atom. The lowest BCUT2D eigenvalue weighted by Gasteiger charge is -2.28. The van der Waals surface area contributed by atoms with E-state index in [2.05, 4.69) is 0 Å². The number of hydrogen-bond donors (Lipinski definition) is 0. The minimum atomic E-state index is -3.67. The molecule has 0 saturated carbocycles. The number of sulfonamides is 1. The first-order chi connectivity index (χ1) is 13.4. The molecule has 0 radical (unpaired) electrons. The molecular weight excluding hydrogens is 382 g/mol. The van der Waals surface area contributed by atoms with E-state index in [0.717, 1.165) is 11.1 Å². The van der Waals surface area contributed by atoms with Gasteiger partial charge in [-0.05, 0) is 41.8 Å². The summed E-state index contributed by atoms with van der Waals surface area (Å²) in [6, 6.07) is 13.4. The van der Waals surface area contributed by atoms with Gasteiger partial charge in [-0.15, -0.1) is 0 Å². The van der Waals surface area contributed by atoms with Crippen LogP contribution in [0, 0.1) is 0 Å². The lowest BCUT2D eigenvalue weighted by atomic mass is 10.0. The average molecular weight is 401 g/mol. The quantitative estimate of drug-likeness (QED) is 0.727. The Hall–Kier alpha value is -2.71. The monoisotopic (exact) mass is 401 g/mol. The number of esters is 2. The predicted molar refractivity (Wildman–Crippen MR) is 99.0 cm³/mol. The van der Waals surface area contributed by atoms with Crippen molar-refractivity contribution in [2.45, 2.75) is 30.4 Å². The van der Waals surface area contributed by atoms with Crippen molar-refractivity contribution in [3.63, 3.8) is 0 Å². The molecule has 1 unspecified atom stereocenters. The second-order valence-electron chi connectivity index (χ2n) is 6.73. The molecule has 0 aromatic heterocycles. The summed E-state index contributed by atoms with van der Waals surface area (Å²) in [6.07, 6.45) is 0.0921. The van der Waals surface area contributed by atoms with Gasteiger partial charge in [-0.1, -0.05) is 24.3 Å². The lowest BCUT2D eigenvalue weighted by Crippen LogP contribution is -2.35. The molecule has 0 aliphatic carbocycles. The van der Waals surface area contributed by atoms with Crippen LogP contribution in [0.25, 0.3) is 0 Å². The normalized spacial score (nSPS) is 19.7. The molecule has 0 bridgehead atoms.